The summed E-state index contributed by atoms with van der Waals surface area (Å²) in [4.78, 5) is 11.8. The zero-order valence-corrected chi connectivity index (χ0v) is 11.5. The van der Waals surface area contributed by atoms with E-state index in [1.165, 1.54) is 19.1 Å². The predicted octanol–water partition coefficient (Wildman–Crippen LogP) is 0.878. The molecule has 1 rings (SSSR count). The van der Waals surface area contributed by atoms with Crippen LogP contribution in [0.2, 0.25) is 0 Å². The fourth-order valence-electron chi connectivity index (χ4n) is 1.36. The number of benzene rings is 1. The molecule has 0 aliphatic heterocycles. The van der Waals surface area contributed by atoms with Crippen molar-refractivity contribution in [2.75, 3.05) is 0 Å². The van der Waals surface area contributed by atoms with Gasteiger partial charge in [-0.2, -0.15) is 4.72 Å². The largest absolute Gasteiger partial charge is 0.353 e. The molecule has 5 nitrogen and oxygen atoms in total. The Bertz CT molecular complexity index is 497. The highest BCUT2D eigenvalue weighted by Gasteiger charge is 2.21. The maximum absolute atomic E-state index is 11.9. The molecule has 0 radical (unpaired) electrons. The van der Waals surface area contributed by atoms with Crippen molar-refractivity contribution >= 4 is 15.9 Å². The van der Waals surface area contributed by atoms with Crippen molar-refractivity contribution < 1.29 is 13.2 Å². The molecule has 1 aromatic carbocycles. The molecule has 0 fully saturated rings. The molecule has 0 spiro atoms. The fourth-order valence-corrected chi connectivity index (χ4v) is 2.59. The number of hydrogen-bond acceptors (Lipinski definition) is 3. The second kappa shape index (κ2) is 5.97. The lowest BCUT2D eigenvalue weighted by Crippen LogP contribution is -2.46. The topological polar surface area (TPSA) is 75.3 Å². The Morgan fingerprint density at radius 3 is 2.17 bits per heavy atom. The van der Waals surface area contributed by atoms with Crippen molar-refractivity contribution in [1.29, 1.82) is 0 Å². The molecule has 2 N–H and O–H groups in total. The first-order valence-corrected chi connectivity index (χ1v) is 7.19. The highest BCUT2D eigenvalue weighted by molar-refractivity contribution is 7.89. The number of hydrogen-bond donors (Lipinski definition) is 2. The van der Waals surface area contributed by atoms with Gasteiger partial charge in [-0.3, -0.25) is 4.79 Å². The van der Waals surface area contributed by atoms with E-state index in [0.717, 1.165) is 0 Å². The molecule has 1 aromatic rings. The molecule has 1 amide bonds. The van der Waals surface area contributed by atoms with Crippen molar-refractivity contribution in [2.24, 2.45) is 0 Å². The molecule has 0 heterocycles. The minimum absolute atomic E-state index is 0.0267. The Kier molecular flexibility index (Phi) is 4.86. The Labute approximate surface area is 108 Å². The number of nitrogens with one attached hydrogen (secondary N) is 2. The van der Waals surface area contributed by atoms with Crippen LogP contribution in [0.3, 0.4) is 0 Å². The van der Waals surface area contributed by atoms with Crippen molar-refractivity contribution in [3.05, 3.63) is 30.3 Å². The summed E-state index contributed by atoms with van der Waals surface area (Å²) < 4.78 is 26.2. The zero-order chi connectivity index (χ0) is 13.8. The summed E-state index contributed by atoms with van der Waals surface area (Å²) in [5.74, 6) is -0.343. The van der Waals surface area contributed by atoms with Crippen LogP contribution >= 0.6 is 0 Å². The van der Waals surface area contributed by atoms with Crippen LogP contribution in [0.25, 0.3) is 0 Å². The standard InChI is InChI=1S/C12H18N2O3S/c1-9(2)13-12(15)10(3)14-18(16,17)11-7-5-4-6-8-11/h4-10,14H,1-3H3,(H,13,15)/t10-/m0/s1. The molecule has 0 aliphatic carbocycles. The molecular formula is C12H18N2O3S. The quantitative estimate of drug-likeness (QED) is 0.834. The molecule has 6 heteroatoms. The zero-order valence-electron chi connectivity index (χ0n) is 10.7. The van der Waals surface area contributed by atoms with E-state index in [-0.39, 0.29) is 16.8 Å². The number of sulfonamides is 1. The van der Waals surface area contributed by atoms with Crippen LogP contribution in [0.5, 0.6) is 0 Å². The fraction of sp³-hybridized carbons (Fsp3) is 0.417. The molecule has 0 unspecified atom stereocenters. The normalized spacial score (nSPS) is 13.3. The average Bonchev–Trinajstić information content (AvgIpc) is 2.28. The van der Waals surface area contributed by atoms with E-state index in [9.17, 15) is 13.2 Å². The lowest BCUT2D eigenvalue weighted by atomic mass is 10.3. The third kappa shape index (κ3) is 4.12. The molecule has 0 saturated heterocycles. The first kappa shape index (κ1) is 14.7. The van der Waals surface area contributed by atoms with E-state index in [1.54, 1.807) is 18.2 Å². The van der Waals surface area contributed by atoms with Crippen LogP contribution in [0.15, 0.2) is 35.2 Å². The van der Waals surface area contributed by atoms with Gasteiger partial charge in [-0.05, 0) is 32.9 Å². The summed E-state index contributed by atoms with van der Waals surface area (Å²) in [6.07, 6.45) is 0. The highest BCUT2D eigenvalue weighted by atomic mass is 32.2. The van der Waals surface area contributed by atoms with Gasteiger partial charge in [0.1, 0.15) is 0 Å². The molecular weight excluding hydrogens is 252 g/mol. The lowest BCUT2D eigenvalue weighted by Gasteiger charge is -2.16. The van der Waals surface area contributed by atoms with Gasteiger partial charge in [-0.1, -0.05) is 18.2 Å². The van der Waals surface area contributed by atoms with Crippen LogP contribution in [-0.2, 0) is 14.8 Å². The number of amides is 1. The van der Waals surface area contributed by atoms with Crippen LogP contribution in [-0.4, -0.2) is 26.4 Å². The third-order valence-corrected chi connectivity index (χ3v) is 3.77. The van der Waals surface area contributed by atoms with Gasteiger partial charge in [0, 0.05) is 6.04 Å². The van der Waals surface area contributed by atoms with Crippen molar-refractivity contribution in [2.45, 2.75) is 37.8 Å². The second-order valence-corrected chi connectivity index (χ2v) is 6.03. The Morgan fingerprint density at radius 2 is 1.67 bits per heavy atom. The maximum Gasteiger partial charge on any atom is 0.241 e. The second-order valence-electron chi connectivity index (χ2n) is 4.32. The number of carbonyl (C=O) groups excluding carboxylic acids is 1. The van der Waals surface area contributed by atoms with Crippen LogP contribution in [0.4, 0.5) is 0 Å². The molecule has 1 atom stereocenters. The molecule has 18 heavy (non-hydrogen) atoms. The summed E-state index contributed by atoms with van der Waals surface area (Å²) >= 11 is 0. The highest BCUT2D eigenvalue weighted by Crippen LogP contribution is 2.07. The van der Waals surface area contributed by atoms with Gasteiger partial charge >= 0.3 is 0 Å². The first-order valence-electron chi connectivity index (χ1n) is 5.70. The van der Waals surface area contributed by atoms with E-state index in [0.29, 0.717) is 0 Å². The molecule has 0 saturated carbocycles. The van der Waals surface area contributed by atoms with Crippen molar-refractivity contribution in [3.63, 3.8) is 0 Å². The summed E-state index contributed by atoms with van der Waals surface area (Å²) in [6.45, 7) is 5.14. The third-order valence-electron chi connectivity index (χ3n) is 2.21. The average molecular weight is 270 g/mol. The first-order chi connectivity index (χ1) is 8.33. The molecule has 0 bridgehead atoms. The predicted molar refractivity (Wildman–Crippen MR) is 69.5 cm³/mol. The summed E-state index contributed by atoms with van der Waals surface area (Å²) in [7, 11) is -3.65. The Balaban J connectivity index is 2.75. The van der Waals surface area contributed by atoms with Crippen LogP contribution in [0, 0.1) is 0 Å². The molecule has 0 aromatic heterocycles. The summed E-state index contributed by atoms with van der Waals surface area (Å²) in [6, 6.07) is 7.12. The number of rotatable bonds is 5. The van der Waals surface area contributed by atoms with E-state index in [1.807, 2.05) is 13.8 Å². The summed E-state index contributed by atoms with van der Waals surface area (Å²) in [5, 5.41) is 2.65. The smallest absolute Gasteiger partial charge is 0.241 e. The van der Waals surface area contributed by atoms with E-state index >= 15 is 0 Å². The SMILES string of the molecule is CC(C)NC(=O)[C@H](C)NS(=O)(=O)c1ccccc1. The minimum atomic E-state index is -3.65. The van der Waals surface area contributed by atoms with Crippen LogP contribution < -0.4 is 10.0 Å². The monoisotopic (exact) mass is 270 g/mol. The van der Waals surface area contributed by atoms with Gasteiger partial charge in [-0.25, -0.2) is 8.42 Å². The maximum atomic E-state index is 11.9. The van der Waals surface area contributed by atoms with E-state index < -0.39 is 16.1 Å². The number of carbonyl (C=O) groups is 1. The molecule has 100 valence electrons. The van der Waals surface area contributed by atoms with E-state index in [2.05, 4.69) is 10.0 Å². The van der Waals surface area contributed by atoms with Gasteiger partial charge in [-0.15, -0.1) is 0 Å². The van der Waals surface area contributed by atoms with Gasteiger partial charge in [0.15, 0.2) is 0 Å². The minimum Gasteiger partial charge on any atom is -0.353 e. The van der Waals surface area contributed by atoms with E-state index in [4.69, 9.17) is 0 Å². The Morgan fingerprint density at radius 1 is 1.11 bits per heavy atom. The van der Waals surface area contributed by atoms with Crippen molar-refractivity contribution in [1.82, 2.24) is 10.0 Å². The van der Waals surface area contributed by atoms with Gasteiger partial charge in [0.2, 0.25) is 15.9 Å². The van der Waals surface area contributed by atoms with Gasteiger partial charge < -0.3 is 5.32 Å². The van der Waals surface area contributed by atoms with Crippen LogP contribution in [0.1, 0.15) is 20.8 Å². The van der Waals surface area contributed by atoms with Gasteiger partial charge in [0.25, 0.3) is 0 Å². The van der Waals surface area contributed by atoms with Gasteiger partial charge in [0.05, 0.1) is 10.9 Å². The summed E-state index contributed by atoms with van der Waals surface area (Å²) in [5.41, 5.74) is 0. The lowest BCUT2D eigenvalue weighted by molar-refractivity contribution is -0.122. The van der Waals surface area contributed by atoms with Crippen molar-refractivity contribution in [3.8, 4) is 0 Å². The molecule has 0 aliphatic rings. The Hall–Kier alpha value is -1.40.